The topological polar surface area (TPSA) is 41.5 Å². The Morgan fingerprint density at radius 2 is 2.21 bits per heavy atom. The van der Waals surface area contributed by atoms with E-state index in [0.717, 1.165) is 24.3 Å². The standard InChI is InChI=1S/C11H15NO2/c1-14-10-5-3-2-4-9(10)11(13)6-7-12-8-11/h2-5,12-13H,6-8H2,1H3. The fourth-order valence-electron chi connectivity index (χ4n) is 1.94. The van der Waals surface area contributed by atoms with E-state index in [2.05, 4.69) is 5.32 Å². The van der Waals surface area contributed by atoms with Crippen molar-refractivity contribution >= 4 is 0 Å². The fourth-order valence-corrected chi connectivity index (χ4v) is 1.94. The van der Waals surface area contributed by atoms with Gasteiger partial charge in [0.25, 0.3) is 0 Å². The highest BCUT2D eigenvalue weighted by Gasteiger charge is 2.35. The number of ether oxygens (including phenoxy) is 1. The lowest BCUT2D eigenvalue weighted by molar-refractivity contribution is 0.0561. The van der Waals surface area contributed by atoms with E-state index in [-0.39, 0.29) is 0 Å². The Balaban J connectivity index is 2.39. The predicted molar refractivity (Wildman–Crippen MR) is 54.4 cm³/mol. The zero-order valence-electron chi connectivity index (χ0n) is 8.29. The van der Waals surface area contributed by atoms with Crippen molar-refractivity contribution in [1.29, 1.82) is 0 Å². The smallest absolute Gasteiger partial charge is 0.124 e. The number of hydrogen-bond donors (Lipinski definition) is 2. The Labute approximate surface area is 83.7 Å². The summed E-state index contributed by atoms with van der Waals surface area (Å²) in [5.41, 5.74) is 0.125. The molecule has 1 aliphatic rings. The first kappa shape index (κ1) is 9.49. The minimum absolute atomic E-state index is 0.605. The second kappa shape index (κ2) is 3.59. The van der Waals surface area contributed by atoms with Crippen LogP contribution in [0.5, 0.6) is 5.75 Å². The van der Waals surface area contributed by atoms with Crippen molar-refractivity contribution < 1.29 is 9.84 Å². The molecule has 0 bridgehead atoms. The van der Waals surface area contributed by atoms with Crippen molar-refractivity contribution in [3.05, 3.63) is 29.8 Å². The molecule has 0 radical (unpaired) electrons. The number of hydrogen-bond acceptors (Lipinski definition) is 3. The summed E-state index contributed by atoms with van der Waals surface area (Å²) in [7, 11) is 1.63. The monoisotopic (exact) mass is 193 g/mol. The Kier molecular flexibility index (Phi) is 2.44. The molecule has 1 unspecified atom stereocenters. The fraction of sp³-hybridized carbons (Fsp3) is 0.455. The molecule has 0 aliphatic carbocycles. The van der Waals surface area contributed by atoms with E-state index in [0.29, 0.717) is 6.54 Å². The number of nitrogens with one attached hydrogen (secondary N) is 1. The maximum Gasteiger partial charge on any atom is 0.124 e. The lowest BCUT2D eigenvalue weighted by Gasteiger charge is -2.23. The van der Waals surface area contributed by atoms with Gasteiger partial charge in [0, 0.05) is 12.1 Å². The number of benzene rings is 1. The van der Waals surface area contributed by atoms with E-state index in [4.69, 9.17) is 4.74 Å². The van der Waals surface area contributed by atoms with Gasteiger partial charge >= 0.3 is 0 Å². The molecule has 2 N–H and O–H groups in total. The quantitative estimate of drug-likeness (QED) is 0.732. The van der Waals surface area contributed by atoms with Crippen LogP contribution in [0, 0.1) is 0 Å². The van der Waals surface area contributed by atoms with E-state index in [1.165, 1.54) is 0 Å². The third-order valence-electron chi connectivity index (χ3n) is 2.74. The first-order chi connectivity index (χ1) is 6.76. The van der Waals surface area contributed by atoms with Crippen LogP contribution in [0.2, 0.25) is 0 Å². The minimum Gasteiger partial charge on any atom is -0.496 e. The van der Waals surface area contributed by atoms with E-state index >= 15 is 0 Å². The van der Waals surface area contributed by atoms with Crippen LogP contribution in [0.25, 0.3) is 0 Å². The molecule has 0 amide bonds. The van der Waals surface area contributed by atoms with Gasteiger partial charge in [-0.15, -0.1) is 0 Å². The van der Waals surface area contributed by atoms with Crippen molar-refractivity contribution in [2.24, 2.45) is 0 Å². The molecule has 76 valence electrons. The molecule has 3 nitrogen and oxygen atoms in total. The largest absolute Gasteiger partial charge is 0.496 e. The summed E-state index contributed by atoms with van der Waals surface area (Å²) >= 11 is 0. The van der Waals surface area contributed by atoms with Crippen LogP contribution in [-0.4, -0.2) is 25.3 Å². The lowest BCUT2D eigenvalue weighted by Crippen LogP contribution is -2.28. The third-order valence-corrected chi connectivity index (χ3v) is 2.74. The van der Waals surface area contributed by atoms with Gasteiger partial charge in [0.15, 0.2) is 0 Å². The molecule has 0 spiro atoms. The second-order valence-corrected chi connectivity index (χ2v) is 3.66. The summed E-state index contributed by atoms with van der Waals surface area (Å²) in [6.45, 7) is 1.46. The van der Waals surface area contributed by atoms with Crippen molar-refractivity contribution in [2.45, 2.75) is 12.0 Å². The molecule has 0 aromatic heterocycles. The van der Waals surface area contributed by atoms with E-state index in [1.54, 1.807) is 7.11 Å². The van der Waals surface area contributed by atoms with Gasteiger partial charge in [0.05, 0.1) is 7.11 Å². The molecule has 1 aromatic rings. The number of rotatable bonds is 2. The molecule has 3 heteroatoms. The van der Waals surface area contributed by atoms with Crippen LogP contribution < -0.4 is 10.1 Å². The van der Waals surface area contributed by atoms with Gasteiger partial charge in [0.2, 0.25) is 0 Å². The Bertz CT molecular complexity index is 319. The Morgan fingerprint density at radius 3 is 2.86 bits per heavy atom. The molecule has 2 rings (SSSR count). The van der Waals surface area contributed by atoms with Crippen molar-refractivity contribution in [3.63, 3.8) is 0 Å². The predicted octanol–water partition coefficient (Wildman–Crippen LogP) is 0.876. The molecule has 1 aromatic carbocycles. The molecule has 1 saturated heterocycles. The van der Waals surface area contributed by atoms with Crippen molar-refractivity contribution in [2.75, 3.05) is 20.2 Å². The van der Waals surface area contributed by atoms with Gasteiger partial charge < -0.3 is 15.2 Å². The molecule has 0 saturated carbocycles. The van der Waals surface area contributed by atoms with E-state index in [9.17, 15) is 5.11 Å². The highest BCUT2D eigenvalue weighted by atomic mass is 16.5. The van der Waals surface area contributed by atoms with Crippen LogP contribution in [0.3, 0.4) is 0 Å². The molecule has 1 aliphatic heterocycles. The Hall–Kier alpha value is -1.06. The van der Waals surface area contributed by atoms with E-state index in [1.807, 2.05) is 24.3 Å². The summed E-state index contributed by atoms with van der Waals surface area (Å²) in [5, 5.41) is 13.5. The first-order valence-electron chi connectivity index (χ1n) is 4.83. The van der Waals surface area contributed by atoms with Gasteiger partial charge in [0.1, 0.15) is 11.4 Å². The van der Waals surface area contributed by atoms with Crippen LogP contribution >= 0.6 is 0 Å². The third kappa shape index (κ3) is 1.49. The first-order valence-corrected chi connectivity index (χ1v) is 4.83. The Morgan fingerprint density at radius 1 is 1.43 bits per heavy atom. The van der Waals surface area contributed by atoms with Gasteiger partial charge in [-0.05, 0) is 19.0 Å². The normalized spacial score (nSPS) is 26.4. The zero-order chi connectivity index (χ0) is 10.0. The number of methoxy groups -OCH3 is 1. The molecule has 14 heavy (non-hydrogen) atoms. The average Bonchev–Trinajstić information content (AvgIpc) is 2.66. The van der Waals surface area contributed by atoms with Crippen LogP contribution in [0.1, 0.15) is 12.0 Å². The zero-order valence-corrected chi connectivity index (χ0v) is 8.29. The van der Waals surface area contributed by atoms with Crippen molar-refractivity contribution in [1.82, 2.24) is 5.32 Å². The van der Waals surface area contributed by atoms with Crippen LogP contribution in [-0.2, 0) is 5.60 Å². The second-order valence-electron chi connectivity index (χ2n) is 3.66. The summed E-state index contributed by atoms with van der Waals surface area (Å²) < 4.78 is 5.24. The van der Waals surface area contributed by atoms with Gasteiger partial charge in [-0.3, -0.25) is 0 Å². The maximum atomic E-state index is 10.3. The molecular weight excluding hydrogens is 178 g/mol. The van der Waals surface area contributed by atoms with Crippen LogP contribution in [0.4, 0.5) is 0 Å². The lowest BCUT2D eigenvalue weighted by atomic mass is 9.92. The highest BCUT2D eigenvalue weighted by Crippen LogP contribution is 2.33. The average molecular weight is 193 g/mol. The maximum absolute atomic E-state index is 10.3. The molecule has 1 atom stereocenters. The summed E-state index contributed by atoms with van der Waals surface area (Å²) in [6.07, 6.45) is 0.743. The van der Waals surface area contributed by atoms with Crippen LogP contribution in [0.15, 0.2) is 24.3 Å². The molecule has 1 heterocycles. The summed E-state index contributed by atoms with van der Waals surface area (Å²) in [6, 6.07) is 7.64. The van der Waals surface area contributed by atoms with Gasteiger partial charge in [-0.1, -0.05) is 18.2 Å². The summed E-state index contributed by atoms with van der Waals surface area (Å²) in [5.74, 6) is 0.763. The number of para-hydroxylation sites is 1. The number of β-amino-alcohol motifs (C(OH)–C–C–N with tert-alkyl or cyclic N) is 1. The SMILES string of the molecule is COc1ccccc1C1(O)CCNC1. The van der Waals surface area contributed by atoms with Gasteiger partial charge in [-0.25, -0.2) is 0 Å². The molecular formula is C11H15NO2. The summed E-state index contributed by atoms with van der Waals surface area (Å²) in [4.78, 5) is 0. The van der Waals surface area contributed by atoms with Gasteiger partial charge in [-0.2, -0.15) is 0 Å². The van der Waals surface area contributed by atoms with Crippen molar-refractivity contribution in [3.8, 4) is 5.75 Å². The highest BCUT2D eigenvalue weighted by molar-refractivity contribution is 5.38. The number of aliphatic hydroxyl groups is 1. The van der Waals surface area contributed by atoms with E-state index < -0.39 is 5.60 Å². The molecule has 1 fully saturated rings. The minimum atomic E-state index is -0.757.